The minimum atomic E-state index is -4.88. The minimum Gasteiger partial charge on any atom is -0.337 e. The summed E-state index contributed by atoms with van der Waals surface area (Å²) in [6.07, 6.45) is 5.24. The first-order valence-corrected chi connectivity index (χ1v) is 12.7. The minimum absolute atomic E-state index is 0.0153. The summed E-state index contributed by atoms with van der Waals surface area (Å²) in [6.45, 7) is 0. The van der Waals surface area contributed by atoms with Crippen molar-refractivity contribution in [2.24, 2.45) is 0 Å². The molecule has 36 heavy (non-hydrogen) atoms. The van der Waals surface area contributed by atoms with Crippen molar-refractivity contribution in [1.29, 1.82) is 0 Å². The van der Waals surface area contributed by atoms with Gasteiger partial charge in [-0.05, 0) is 33.7 Å². The Morgan fingerprint density at radius 2 is 1.31 bits per heavy atom. The Labute approximate surface area is 204 Å². The third-order valence-electron chi connectivity index (χ3n) is 4.61. The van der Waals surface area contributed by atoms with Gasteiger partial charge in [-0.2, -0.15) is 16.8 Å². The molecule has 0 unspecified atom stereocenters. The van der Waals surface area contributed by atoms with Gasteiger partial charge in [0.15, 0.2) is 11.6 Å². The highest BCUT2D eigenvalue weighted by Crippen LogP contribution is 2.37. The van der Waals surface area contributed by atoms with Crippen LogP contribution in [0.3, 0.4) is 0 Å². The largest absolute Gasteiger partial charge is 0.337 e. The van der Waals surface area contributed by atoms with Gasteiger partial charge in [-0.1, -0.05) is 36.4 Å². The lowest BCUT2D eigenvalue weighted by atomic mass is 10.1. The molecule has 14 nitrogen and oxygen atoms in total. The Kier molecular flexibility index (Phi) is 6.93. The average Bonchev–Trinajstić information content (AvgIpc) is 2.84. The monoisotopic (exact) mass is 528 g/mol. The lowest BCUT2D eigenvalue weighted by Crippen LogP contribution is -2.10. The SMILES string of the molecule is O=S(=O)(O)c1ccccc1C=Cc1ccc(Nc2ccnnn2)c(Nc2ccnnn2)c1S(=O)(=O)O. The van der Waals surface area contributed by atoms with E-state index in [1.807, 2.05) is 0 Å². The summed E-state index contributed by atoms with van der Waals surface area (Å²) in [5.41, 5.74) is 0.114. The van der Waals surface area contributed by atoms with Gasteiger partial charge in [-0.3, -0.25) is 9.11 Å². The van der Waals surface area contributed by atoms with Crippen LogP contribution < -0.4 is 10.6 Å². The van der Waals surface area contributed by atoms with E-state index < -0.39 is 25.1 Å². The van der Waals surface area contributed by atoms with E-state index in [1.165, 1.54) is 73.1 Å². The maximum atomic E-state index is 12.5. The lowest BCUT2D eigenvalue weighted by molar-refractivity contribution is 0.481. The van der Waals surface area contributed by atoms with Gasteiger partial charge in [0, 0.05) is 12.1 Å². The molecule has 2 aromatic carbocycles. The Hall–Kier alpha value is -4.38. The number of hydrogen-bond acceptors (Lipinski definition) is 12. The molecule has 0 radical (unpaired) electrons. The van der Waals surface area contributed by atoms with Crippen molar-refractivity contribution in [3.63, 3.8) is 0 Å². The number of nitrogens with one attached hydrogen (secondary N) is 2. The van der Waals surface area contributed by atoms with Crippen LogP contribution in [0.4, 0.5) is 23.0 Å². The molecule has 0 spiro atoms. The molecule has 16 heteroatoms. The van der Waals surface area contributed by atoms with Gasteiger partial charge in [0.2, 0.25) is 0 Å². The first kappa shape index (κ1) is 24.7. The quantitative estimate of drug-likeness (QED) is 0.191. The molecule has 2 aromatic heterocycles. The summed E-state index contributed by atoms with van der Waals surface area (Å²) in [5.74, 6) is 0.331. The highest BCUT2D eigenvalue weighted by molar-refractivity contribution is 7.86. The molecule has 0 aliphatic heterocycles. The van der Waals surface area contributed by atoms with Crippen molar-refractivity contribution in [1.82, 2.24) is 30.8 Å². The molecule has 0 aliphatic rings. The molecule has 184 valence electrons. The van der Waals surface area contributed by atoms with Crippen LogP contribution >= 0.6 is 0 Å². The van der Waals surface area contributed by atoms with Crippen LogP contribution in [-0.4, -0.2) is 56.8 Å². The molecular weight excluding hydrogens is 512 g/mol. The summed E-state index contributed by atoms with van der Waals surface area (Å²) < 4.78 is 68.1. The van der Waals surface area contributed by atoms with Gasteiger partial charge < -0.3 is 10.6 Å². The van der Waals surface area contributed by atoms with Crippen LogP contribution in [0.15, 0.2) is 70.7 Å². The van der Waals surface area contributed by atoms with Crippen LogP contribution in [0.1, 0.15) is 11.1 Å². The third-order valence-corrected chi connectivity index (χ3v) is 6.49. The first-order valence-electron chi connectivity index (χ1n) is 9.85. The van der Waals surface area contributed by atoms with Crippen LogP contribution in [0.5, 0.6) is 0 Å². The molecule has 0 aliphatic carbocycles. The standard InChI is InChI=1S/C20H16N8O6S2/c29-35(30,31)16-4-2-1-3-13(16)5-6-14-7-8-15(23-17-9-11-21-27-25-17)19(20(14)36(32,33)34)24-18-10-12-22-28-26-18/h1-12H,(H,21,23,25)(H,22,24,26)(H,29,30,31)(H,32,33,34). The zero-order chi connectivity index (χ0) is 25.8. The summed E-state index contributed by atoms with van der Waals surface area (Å²) in [4.78, 5) is -0.941. The Morgan fingerprint density at radius 3 is 1.89 bits per heavy atom. The maximum absolute atomic E-state index is 12.5. The second-order valence-electron chi connectivity index (χ2n) is 6.99. The van der Waals surface area contributed by atoms with Gasteiger partial charge in [0.1, 0.15) is 9.79 Å². The topological polar surface area (TPSA) is 210 Å². The fourth-order valence-electron chi connectivity index (χ4n) is 3.15. The average molecular weight is 529 g/mol. The maximum Gasteiger partial charge on any atom is 0.297 e. The van der Waals surface area contributed by atoms with Gasteiger partial charge in [-0.25, -0.2) is 0 Å². The Balaban J connectivity index is 1.89. The van der Waals surface area contributed by atoms with Crippen molar-refractivity contribution in [3.05, 3.63) is 72.1 Å². The van der Waals surface area contributed by atoms with Crippen molar-refractivity contribution in [2.45, 2.75) is 9.79 Å². The van der Waals surface area contributed by atoms with E-state index in [0.717, 1.165) is 0 Å². The lowest BCUT2D eigenvalue weighted by Gasteiger charge is -2.17. The molecule has 4 rings (SSSR count). The molecule has 0 saturated heterocycles. The normalized spacial score (nSPS) is 11.9. The molecule has 4 N–H and O–H groups in total. The van der Waals surface area contributed by atoms with Crippen LogP contribution in [0, 0.1) is 0 Å². The van der Waals surface area contributed by atoms with Crippen molar-refractivity contribution >= 4 is 55.4 Å². The van der Waals surface area contributed by atoms with E-state index in [-0.39, 0.29) is 39.0 Å². The van der Waals surface area contributed by atoms with Crippen molar-refractivity contribution in [2.75, 3.05) is 10.6 Å². The third kappa shape index (κ3) is 5.81. The second kappa shape index (κ2) is 10.1. The van der Waals surface area contributed by atoms with E-state index in [2.05, 4.69) is 41.5 Å². The van der Waals surface area contributed by atoms with Crippen LogP contribution in [0.2, 0.25) is 0 Å². The molecule has 0 saturated carbocycles. The fraction of sp³-hybridized carbons (Fsp3) is 0. The van der Waals surface area contributed by atoms with Gasteiger partial charge in [0.25, 0.3) is 20.2 Å². The van der Waals surface area contributed by atoms with Gasteiger partial charge in [-0.15, -0.1) is 20.4 Å². The zero-order valence-electron chi connectivity index (χ0n) is 18.0. The van der Waals surface area contributed by atoms with E-state index >= 15 is 0 Å². The number of aromatic nitrogens is 6. The number of benzene rings is 2. The fourth-order valence-corrected chi connectivity index (χ4v) is 4.69. The first-order chi connectivity index (χ1) is 17.1. The van der Waals surface area contributed by atoms with Gasteiger partial charge >= 0.3 is 0 Å². The molecule has 2 heterocycles. The Bertz CT molecular complexity index is 1630. The van der Waals surface area contributed by atoms with Gasteiger partial charge in [0.05, 0.1) is 23.8 Å². The molecule has 0 atom stereocenters. The molecule has 0 amide bonds. The highest BCUT2D eigenvalue weighted by Gasteiger charge is 2.24. The summed E-state index contributed by atoms with van der Waals surface area (Å²) >= 11 is 0. The number of hydrogen-bond donors (Lipinski definition) is 4. The molecule has 0 fully saturated rings. The molecule has 0 bridgehead atoms. The second-order valence-corrected chi connectivity index (χ2v) is 9.74. The van der Waals surface area contributed by atoms with Crippen molar-refractivity contribution in [3.8, 4) is 0 Å². The van der Waals surface area contributed by atoms with Crippen LogP contribution in [0.25, 0.3) is 12.2 Å². The van der Waals surface area contributed by atoms with E-state index in [9.17, 15) is 25.9 Å². The Morgan fingerprint density at radius 1 is 0.694 bits per heavy atom. The number of rotatable bonds is 8. The summed E-state index contributed by atoms with van der Waals surface area (Å²) in [6, 6.07) is 11.3. The predicted molar refractivity (Wildman–Crippen MR) is 128 cm³/mol. The van der Waals surface area contributed by atoms with E-state index in [4.69, 9.17) is 0 Å². The van der Waals surface area contributed by atoms with E-state index in [1.54, 1.807) is 0 Å². The predicted octanol–water partition coefficient (Wildman–Crippen LogP) is 2.21. The van der Waals surface area contributed by atoms with Crippen LogP contribution in [-0.2, 0) is 20.2 Å². The molecular formula is C20H16N8O6S2. The summed E-state index contributed by atoms with van der Waals surface area (Å²) in [5, 5.41) is 27.4. The molecule has 4 aromatic rings. The number of anilines is 4. The summed E-state index contributed by atoms with van der Waals surface area (Å²) in [7, 11) is -9.42. The van der Waals surface area contributed by atoms with Crippen molar-refractivity contribution < 1.29 is 25.9 Å². The smallest absolute Gasteiger partial charge is 0.297 e. The highest BCUT2D eigenvalue weighted by atomic mass is 32.2. The number of nitrogens with zero attached hydrogens (tertiary/aromatic N) is 6. The van der Waals surface area contributed by atoms with E-state index in [0.29, 0.717) is 0 Å². The zero-order valence-corrected chi connectivity index (χ0v) is 19.6.